The molecule has 0 bridgehead atoms. The van der Waals surface area contributed by atoms with Crippen molar-refractivity contribution in [2.45, 2.75) is 38.1 Å². The van der Waals surface area contributed by atoms with Gasteiger partial charge in [0.15, 0.2) is 0 Å². The van der Waals surface area contributed by atoms with Crippen LogP contribution in [0.5, 0.6) is 0 Å². The lowest BCUT2D eigenvalue weighted by Gasteiger charge is -2.19. The van der Waals surface area contributed by atoms with E-state index in [0.29, 0.717) is 5.92 Å². The Balaban J connectivity index is 1.43. The molecular formula is C21H22FNO. The van der Waals surface area contributed by atoms with E-state index in [-0.39, 0.29) is 29.6 Å². The summed E-state index contributed by atoms with van der Waals surface area (Å²) in [6, 6.07) is 15.1. The summed E-state index contributed by atoms with van der Waals surface area (Å²) in [6.45, 7) is 2.08. The molecule has 2 aromatic carbocycles. The monoisotopic (exact) mass is 323 g/mol. The molecule has 124 valence electrons. The number of hydrogen-bond acceptors (Lipinski definition) is 1. The van der Waals surface area contributed by atoms with Crippen molar-refractivity contribution in [1.82, 2.24) is 5.32 Å². The topological polar surface area (TPSA) is 29.1 Å². The Labute approximate surface area is 142 Å². The molecule has 2 fully saturated rings. The maximum atomic E-state index is 13.0. The van der Waals surface area contributed by atoms with Crippen LogP contribution in [0.15, 0.2) is 48.5 Å². The number of halogens is 1. The van der Waals surface area contributed by atoms with Crippen LogP contribution in [0.2, 0.25) is 0 Å². The van der Waals surface area contributed by atoms with Gasteiger partial charge in [0, 0.05) is 5.92 Å². The fraction of sp³-hybridized carbons (Fsp3) is 0.381. The van der Waals surface area contributed by atoms with E-state index in [4.69, 9.17) is 0 Å². The number of carbonyl (C=O) groups excluding carboxylic acids is 1. The van der Waals surface area contributed by atoms with Crippen LogP contribution < -0.4 is 5.32 Å². The van der Waals surface area contributed by atoms with Crippen LogP contribution in [0.25, 0.3) is 0 Å². The van der Waals surface area contributed by atoms with Gasteiger partial charge < -0.3 is 5.32 Å². The molecule has 4 rings (SSSR count). The molecule has 2 nitrogen and oxygen atoms in total. The van der Waals surface area contributed by atoms with Crippen LogP contribution in [0, 0.1) is 24.6 Å². The highest BCUT2D eigenvalue weighted by molar-refractivity contribution is 5.83. The maximum absolute atomic E-state index is 13.0. The summed E-state index contributed by atoms with van der Waals surface area (Å²) in [5, 5.41) is 3.27. The molecule has 0 heterocycles. The number of benzene rings is 2. The molecule has 1 N–H and O–H groups in total. The van der Waals surface area contributed by atoms with E-state index in [1.165, 1.54) is 36.1 Å². The van der Waals surface area contributed by atoms with E-state index in [1.807, 2.05) is 0 Å². The van der Waals surface area contributed by atoms with Crippen LogP contribution in [0.4, 0.5) is 4.39 Å². The number of amides is 1. The molecule has 0 aromatic heterocycles. The fourth-order valence-corrected chi connectivity index (χ4v) is 3.50. The first-order valence-electron chi connectivity index (χ1n) is 8.74. The number of rotatable bonds is 5. The molecule has 3 unspecified atom stereocenters. The van der Waals surface area contributed by atoms with Gasteiger partial charge in [-0.15, -0.1) is 0 Å². The lowest BCUT2D eigenvalue weighted by molar-refractivity contribution is -0.123. The van der Waals surface area contributed by atoms with Crippen LogP contribution in [0.3, 0.4) is 0 Å². The Kier molecular flexibility index (Phi) is 3.87. The predicted octanol–water partition coefficient (Wildman–Crippen LogP) is 4.51. The predicted molar refractivity (Wildman–Crippen MR) is 92.0 cm³/mol. The SMILES string of the molecule is Cc1ccc(C(NC(=O)C2CC2c2ccc(F)cc2)C2CC2)cc1. The number of nitrogens with one attached hydrogen (secondary N) is 1. The van der Waals surface area contributed by atoms with Gasteiger partial charge in [0.1, 0.15) is 5.82 Å². The first-order chi connectivity index (χ1) is 11.6. The largest absolute Gasteiger partial charge is 0.349 e. The third-order valence-electron chi connectivity index (χ3n) is 5.25. The van der Waals surface area contributed by atoms with Gasteiger partial charge >= 0.3 is 0 Å². The van der Waals surface area contributed by atoms with E-state index < -0.39 is 0 Å². The summed E-state index contributed by atoms with van der Waals surface area (Å²) in [7, 11) is 0. The maximum Gasteiger partial charge on any atom is 0.224 e. The van der Waals surface area contributed by atoms with Crippen molar-refractivity contribution in [3.05, 3.63) is 71.0 Å². The Morgan fingerprint density at radius 1 is 1.08 bits per heavy atom. The Hall–Kier alpha value is -2.16. The van der Waals surface area contributed by atoms with Crippen molar-refractivity contribution in [3.63, 3.8) is 0 Å². The second-order valence-corrected chi connectivity index (χ2v) is 7.23. The Morgan fingerprint density at radius 3 is 2.38 bits per heavy atom. The summed E-state index contributed by atoms with van der Waals surface area (Å²) in [4.78, 5) is 12.7. The van der Waals surface area contributed by atoms with E-state index >= 15 is 0 Å². The average molecular weight is 323 g/mol. The first kappa shape index (κ1) is 15.4. The molecule has 0 aliphatic heterocycles. The van der Waals surface area contributed by atoms with Crippen LogP contribution in [-0.2, 0) is 4.79 Å². The third-order valence-corrected chi connectivity index (χ3v) is 5.25. The van der Waals surface area contributed by atoms with E-state index in [1.54, 1.807) is 12.1 Å². The molecule has 2 aromatic rings. The second-order valence-electron chi connectivity index (χ2n) is 7.23. The normalized spacial score (nSPS) is 23.6. The molecule has 1 amide bonds. The smallest absolute Gasteiger partial charge is 0.224 e. The standard InChI is InChI=1S/C21H22FNO/c1-13-2-4-15(5-3-13)20(16-6-7-16)23-21(24)19-12-18(19)14-8-10-17(22)11-9-14/h2-5,8-11,16,18-20H,6-7,12H2,1H3,(H,23,24). The lowest BCUT2D eigenvalue weighted by atomic mass is 10.0. The summed E-state index contributed by atoms with van der Waals surface area (Å²) in [5.74, 6) is 0.751. The molecule has 0 spiro atoms. The van der Waals surface area contributed by atoms with Gasteiger partial charge in [-0.2, -0.15) is 0 Å². The molecule has 0 saturated heterocycles. The lowest BCUT2D eigenvalue weighted by Crippen LogP contribution is -2.31. The van der Waals surface area contributed by atoms with Gasteiger partial charge in [0.05, 0.1) is 6.04 Å². The van der Waals surface area contributed by atoms with Gasteiger partial charge in [0.25, 0.3) is 0 Å². The van der Waals surface area contributed by atoms with Gasteiger partial charge in [-0.05, 0) is 61.3 Å². The Morgan fingerprint density at radius 2 is 1.75 bits per heavy atom. The van der Waals surface area contributed by atoms with Crippen LogP contribution >= 0.6 is 0 Å². The summed E-state index contributed by atoms with van der Waals surface area (Å²) in [6.07, 6.45) is 3.23. The van der Waals surface area contributed by atoms with Crippen molar-refractivity contribution < 1.29 is 9.18 Å². The molecular weight excluding hydrogens is 301 g/mol. The van der Waals surface area contributed by atoms with Crippen molar-refractivity contribution in [2.75, 3.05) is 0 Å². The van der Waals surface area contributed by atoms with Crippen LogP contribution in [0.1, 0.15) is 47.9 Å². The van der Waals surface area contributed by atoms with Crippen molar-refractivity contribution >= 4 is 5.91 Å². The minimum absolute atomic E-state index is 0.0298. The molecule has 3 heteroatoms. The molecule has 0 radical (unpaired) electrons. The zero-order chi connectivity index (χ0) is 16.7. The number of carbonyl (C=O) groups is 1. The van der Waals surface area contributed by atoms with Crippen molar-refractivity contribution in [3.8, 4) is 0 Å². The van der Waals surface area contributed by atoms with Crippen molar-refractivity contribution in [2.24, 2.45) is 11.8 Å². The fourth-order valence-electron chi connectivity index (χ4n) is 3.50. The van der Waals surface area contributed by atoms with Gasteiger partial charge in [-0.1, -0.05) is 42.0 Å². The molecule has 2 saturated carbocycles. The number of aryl methyl sites for hydroxylation is 1. The zero-order valence-corrected chi connectivity index (χ0v) is 13.8. The minimum Gasteiger partial charge on any atom is -0.349 e. The first-order valence-corrected chi connectivity index (χ1v) is 8.74. The average Bonchev–Trinajstić information content (AvgIpc) is 3.47. The Bertz CT molecular complexity index is 733. The highest BCUT2D eigenvalue weighted by Crippen LogP contribution is 2.49. The van der Waals surface area contributed by atoms with Crippen molar-refractivity contribution in [1.29, 1.82) is 0 Å². The molecule has 2 aliphatic carbocycles. The summed E-state index contributed by atoms with van der Waals surface area (Å²) in [5.41, 5.74) is 3.50. The summed E-state index contributed by atoms with van der Waals surface area (Å²) >= 11 is 0. The minimum atomic E-state index is -0.228. The summed E-state index contributed by atoms with van der Waals surface area (Å²) < 4.78 is 13.0. The quantitative estimate of drug-likeness (QED) is 0.862. The molecule has 2 aliphatic rings. The van der Waals surface area contributed by atoms with E-state index in [2.05, 4.69) is 36.5 Å². The number of hydrogen-bond donors (Lipinski definition) is 1. The van der Waals surface area contributed by atoms with E-state index in [9.17, 15) is 9.18 Å². The highest BCUT2D eigenvalue weighted by atomic mass is 19.1. The van der Waals surface area contributed by atoms with E-state index in [0.717, 1.165) is 12.0 Å². The van der Waals surface area contributed by atoms with Gasteiger partial charge in [0.2, 0.25) is 5.91 Å². The highest BCUT2D eigenvalue weighted by Gasteiger charge is 2.45. The second kappa shape index (κ2) is 6.04. The zero-order valence-electron chi connectivity index (χ0n) is 13.8. The molecule has 24 heavy (non-hydrogen) atoms. The third kappa shape index (κ3) is 3.21. The molecule has 3 atom stereocenters. The van der Waals surface area contributed by atoms with Gasteiger partial charge in [-0.3, -0.25) is 4.79 Å². The van der Waals surface area contributed by atoms with Gasteiger partial charge in [-0.25, -0.2) is 4.39 Å². The van der Waals surface area contributed by atoms with Crippen LogP contribution in [-0.4, -0.2) is 5.91 Å².